The fourth-order valence-electron chi connectivity index (χ4n) is 4.55. The van der Waals surface area contributed by atoms with Crippen molar-refractivity contribution in [3.63, 3.8) is 0 Å². The second-order valence-corrected chi connectivity index (χ2v) is 7.31. The van der Waals surface area contributed by atoms with E-state index >= 15 is 0 Å². The van der Waals surface area contributed by atoms with E-state index < -0.39 is 0 Å². The molecule has 1 spiro atoms. The molecule has 0 radical (unpaired) electrons. The molecule has 1 aliphatic carbocycles. The van der Waals surface area contributed by atoms with Crippen molar-refractivity contribution in [2.45, 2.75) is 52.0 Å². The van der Waals surface area contributed by atoms with Crippen molar-refractivity contribution >= 4 is 17.2 Å². The molecule has 2 N–H and O–H groups in total. The Morgan fingerprint density at radius 3 is 2.68 bits per heavy atom. The summed E-state index contributed by atoms with van der Waals surface area (Å²) >= 11 is 0. The highest BCUT2D eigenvalue weighted by Crippen LogP contribution is 2.52. The minimum Gasteiger partial charge on any atom is -0.329 e. The van der Waals surface area contributed by atoms with Crippen LogP contribution in [-0.2, 0) is 0 Å². The monoisotopic (exact) mass is 295 g/mol. The predicted molar refractivity (Wildman–Crippen MR) is 92.1 cm³/mol. The van der Waals surface area contributed by atoms with Crippen molar-refractivity contribution in [3.05, 3.63) is 35.4 Å². The van der Waals surface area contributed by atoms with E-state index in [1.165, 1.54) is 49.1 Å². The van der Waals surface area contributed by atoms with Crippen LogP contribution in [-0.4, -0.2) is 17.3 Å². The first-order valence-electron chi connectivity index (χ1n) is 8.48. The second kappa shape index (κ2) is 4.69. The zero-order valence-electron chi connectivity index (χ0n) is 13.7. The summed E-state index contributed by atoms with van der Waals surface area (Å²) in [6.45, 7) is 9.64. The van der Waals surface area contributed by atoms with Crippen LogP contribution in [0.5, 0.6) is 0 Å². The molecule has 1 saturated carbocycles. The van der Waals surface area contributed by atoms with Crippen LogP contribution in [0, 0.1) is 12.3 Å². The van der Waals surface area contributed by atoms with Crippen molar-refractivity contribution in [2.75, 3.05) is 6.54 Å². The summed E-state index contributed by atoms with van der Waals surface area (Å²) < 4.78 is 0. The lowest BCUT2D eigenvalue weighted by Crippen LogP contribution is -2.34. The topological polar surface area (TPSA) is 41.6 Å². The Morgan fingerprint density at radius 2 is 2.00 bits per heavy atom. The number of nitrogens with zero attached hydrogens (tertiary/aromatic N) is 2. The molecule has 1 aromatic rings. The van der Waals surface area contributed by atoms with Crippen molar-refractivity contribution in [1.82, 2.24) is 4.90 Å². The summed E-state index contributed by atoms with van der Waals surface area (Å²) in [5, 5.41) is 0. The lowest BCUT2D eigenvalue weighted by molar-refractivity contribution is 0.437. The van der Waals surface area contributed by atoms with E-state index in [0.29, 0.717) is 5.41 Å². The van der Waals surface area contributed by atoms with Crippen LogP contribution in [0.1, 0.15) is 61.8 Å². The van der Waals surface area contributed by atoms with Gasteiger partial charge < -0.3 is 10.6 Å². The molecule has 4 rings (SSSR count). The van der Waals surface area contributed by atoms with E-state index in [0.717, 1.165) is 23.5 Å². The quantitative estimate of drug-likeness (QED) is 0.839. The van der Waals surface area contributed by atoms with Gasteiger partial charge in [0.25, 0.3) is 0 Å². The van der Waals surface area contributed by atoms with Crippen molar-refractivity contribution in [1.29, 1.82) is 0 Å². The maximum Gasteiger partial charge on any atom is 0.116 e. The molecule has 2 heterocycles. The number of amidine groups is 1. The summed E-state index contributed by atoms with van der Waals surface area (Å²) in [6.07, 6.45) is 6.46. The first-order valence-corrected chi connectivity index (χ1v) is 8.48. The van der Waals surface area contributed by atoms with Gasteiger partial charge in [-0.1, -0.05) is 25.5 Å². The van der Waals surface area contributed by atoms with E-state index in [9.17, 15) is 0 Å². The van der Waals surface area contributed by atoms with Crippen LogP contribution >= 0.6 is 0 Å². The minimum atomic E-state index is -0.00159. The summed E-state index contributed by atoms with van der Waals surface area (Å²) in [4.78, 5) is 7.53. The minimum absolute atomic E-state index is 0.00159. The van der Waals surface area contributed by atoms with Gasteiger partial charge in [-0.2, -0.15) is 0 Å². The van der Waals surface area contributed by atoms with Crippen LogP contribution in [0.4, 0.5) is 5.69 Å². The average molecular weight is 295 g/mol. The third-order valence-electron chi connectivity index (χ3n) is 5.73. The Hall–Kier alpha value is -1.61. The van der Waals surface area contributed by atoms with Gasteiger partial charge in [-0.25, -0.2) is 4.99 Å². The average Bonchev–Trinajstić information content (AvgIpc) is 3.09. The number of nitrogens with two attached hydrogens (primary N) is 1. The third kappa shape index (κ3) is 1.81. The maximum atomic E-state index is 6.22. The molecule has 3 aliphatic rings. The third-order valence-corrected chi connectivity index (χ3v) is 5.73. The molecular formula is C19H25N3. The summed E-state index contributed by atoms with van der Waals surface area (Å²) in [5.41, 5.74) is 12.3. The fraction of sp³-hybridized carbons (Fsp3) is 0.526. The highest BCUT2D eigenvalue weighted by Gasteiger charge is 2.48. The van der Waals surface area contributed by atoms with Gasteiger partial charge in [0, 0.05) is 29.3 Å². The van der Waals surface area contributed by atoms with E-state index in [1.54, 1.807) is 0 Å². The number of benzene rings is 1. The molecular weight excluding hydrogens is 270 g/mol. The molecule has 116 valence electrons. The number of hydrogen-bond acceptors (Lipinski definition) is 3. The summed E-state index contributed by atoms with van der Waals surface area (Å²) in [7, 11) is 0. The first-order chi connectivity index (χ1) is 10.5. The Morgan fingerprint density at radius 1 is 1.27 bits per heavy atom. The van der Waals surface area contributed by atoms with Gasteiger partial charge in [0.2, 0.25) is 0 Å². The number of rotatable bonds is 1. The van der Waals surface area contributed by atoms with Gasteiger partial charge in [0.05, 0.1) is 5.69 Å². The molecule has 0 aromatic heterocycles. The fourth-order valence-corrected chi connectivity index (χ4v) is 4.55. The molecule has 0 amide bonds. The van der Waals surface area contributed by atoms with Crippen LogP contribution in [0.2, 0.25) is 0 Å². The molecule has 3 nitrogen and oxygen atoms in total. The molecule has 3 heteroatoms. The lowest BCUT2D eigenvalue weighted by Gasteiger charge is -2.34. The summed E-state index contributed by atoms with van der Waals surface area (Å²) in [6, 6.07) is 4.40. The second-order valence-electron chi connectivity index (χ2n) is 7.31. The molecule has 2 fully saturated rings. The molecule has 1 aromatic carbocycles. The zero-order chi connectivity index (χ0) is 15.5. The lowest BCUT2D eigenvalue weighted by atomic mass is 9.83. The van der Waals surface area contributed by atoms with Crippen molar-refractivity contribution in [3.8, 4) is 0 Å². The Labute approximate surface area is 132 Å². The van der Waals surface area contributed by atoms with Crippen molar-refractivity contribution < 1.29 is 0 Å². The number of fused-ring (bicyclic) bond motifs is 3. The van der Waals surface area contributed by atoms with Gasteiger partial charge in [-0.15, -0.1) is 0 Å². The Bertz CT molecular complexity index is 678. The maximum absolute atomic E-state index is 6.22. The van der Waals surface area contributed by atoms with Crippen LogP contribution < -0.4 is 5.73 Å². The molecule has 22 heavy (non-hydrogen) atoms. The number of aliphatic imine (C=N–C) groups is 1. The van der Waals surface area contributed by atoms with Crippen molar-refractivity contribution in [2.24, 2.45) is 16.1 Å². The van der Waals surface area contributed by atoms with E-state index in [-0.39, 0.29) is 6.04 Å². The SMILES string of the molecule is C=C1c2cc(C)cc(C(C)N)c2N=C2N1CCC21CCCC1. The molecule has 2 aliphatic heterocycles. The first kappa shape index (κ1) is 14.0. The van der Waals surface area contributed by atoms with Crippen LogP contribution in [0.3, 0.4) is 0 Å². The highest BCUT2D eigenvalue weighted by molar-refractivity contribution is 6.03. The van der Waals surface area contributed by atoms with E-state index in [4.69, 9.17) is 10.7 Å². The molecule has 1 atom stereocenters. The van der Waals surface area contributed by atoms with Crippen LogP contribution in [0.25, 0.3) is 5.70 Å². The Balaban J connectivity index is 1.93. The van der Waals surface area contributed by atoms with Gasteiger partial charge in [-0.3, -0.25) is 0 Å². The number of aryl methyl sites for hydroxylation is 1. The molecule has 1 unspecified atom stereocenters. The van der Waals surface area contributed by atoms with E-state index in [1.807, 2.05) is 6.92 Å². The van der Waals surface area contributed by atoms with E-state index in [2.05, 4.69) is 30.5 Å². The summed E-state index contributed by atoms with van der Waals surface area (Å²) in [5.74, 6) is 1.27. The number of hydrogen-bond donors (Lipinski definition) is 1. The molecule has 1 saturated heterocycles. The smallest absolute Gasteiger partial charge is 0.116 e. The molecule has 0 bridgehead atoms. The Kier molecular flexibility index (Phi) is 2.99. The zero-order valence-corrected chi connectivity index (χ0v) is 13.7. The standard InChI is InChI=1S/C19H25N3/c1-12-10-15(13(2)20)17-16(11-12)14(3)22-9-8-19(18(22)21-17)6-4-5-7-19/h10-11,13H,3-9,20H2,1-2H3. The highest BCUT2D eigenvalue weighted by atomic mass is 15.3. The van der Waals surface area contributed by atoms with Gasteiger partial charge in [-0.05, 0) is 50.3 Å². The van der Waals surface area contributed by atoms with Crippen LogP contribution in [0.15, 0.2) is 23.7 Å². The van der Waals surface area contributed by atoms with Gasteiger partial charge in [0.15, 0.2) is 0 Å². The normalized spacial score (nSPS) is 23.5. The predicted octanol–water partition coefficient (Wildman–Crippen LogP) is 4.30. The van der Waals surface area contributed by atoms with Gasteiger partial charge in [0.1, 0.15) is 5.84 Å². The largest absolute Gasteiger partial charge is 0.329 e. The van der Waals surface area contributed by atoms with Gasteiger partial charge >= 0.3 is 0 Å².